The van der Waals surface area contributed by atoms with E-state index in [2.05, 4.69) is 25.3 Å². The molecule has 4 heterocycles. The Kier molecular flexibility index (Phi) is 12.8. The molecule has 16 nitrogen and oxygen atoms in total. The van der Waals surface area contributed by atoms with E-state index in [1.54, 1.807) is 49.7 Å². The Bertz CT molecular complexity index is 2480. The molecule has 3 fully saturated rings. The number of methoxy groups -OCH3 is 2. The van der Waals surface area contributed by atoms with Gasteiger partial charge in [0, 0.05) is 52.7 Å². The Morgan fingerprint density at radius 1 is 0.985 bits per heavy atom. The standard InChI is InChI=1S/C45H55F3N6O10S/c1-25-10-8-9-11-28-21-44(28,40(57)53-65(59,60)43(5)16-17-43)52-37(55)34-20-30(24-54(34)39(56)36(26(2)18-25)51-41(58)64-42(3,4)45(46,47)48)63-38-31-14-13-29(61-6)19-32(31)33(23-50-38)27-12-15-35(62-7)49-22-27/h9,11-15,19,22-23,25-26,28,30,34,36H,8,10,16-18,20-21,24H2,1-7H3,(H,51,58)(H,52,55)(H,53,57). The van der Waals surface area contributed by atoms with Crippen LogP contribution >= 0.6 is 0 Å². The van der Waals surface area contributed by atoms with Crippen LogP contribution < -0.4 is 29.6 Å². The van der Waals surface area contributed by atoms with Gasteiger partial charge in [0.2, 0.25) is 39.2 Å². The lowest BCUT2D eigenvalue weighted by Gasteiger charge is -2.34. The number of aromatic nitrogens is 2. The molecule has 2 aromatic heterocycles. The summed E-state index contributed by atoms with van der Waals surface area (Å²) in [5.41, 5.74) is -3.19. The molecule has 65 heavy (non-hydrogen) atoms. The Labute approximate surface area is 375 Å². The molecule has 2 saturated carbocycles. The normalized spacial score (nSPS) is 27.0. The number of alkyl halides is 3. The molecular weight excluding hydrogens is 874 g/mol. The number of benzene rings is 1. The first kappa shape index (κ1) is 47.3. The lowest BCUT2D eigenvalue weighted by molar-refractivity contribution is -0.244. The number of fused-ring (bicyclic) bond motifs is 3. The topological polar surface area (TPSA) is 204 Å². The number of pyridine rings is 2. The summed E-state index contributed by atoms with van der Waals surface area (Å²) in [7, 11) is -1.08. The maximum absolute atomic E-state index is 14.9. The Balaban J connectivity index is 1.25. The molecule has 1 aromatic carbocycles. The van der Waals surface area contributed by atoms with Crippen LogP contribution in [0.3, 0.4) is 0 Å². The van der Waals surface area contributed by atoms with Crippen molar-refractivity contribution in [1.82, 2.24) is 30.2 Å². The van der Waals surface area contributed by atoms with Gasteiger partial charge in [-0.1, -0.05) is 26.0 Å². The van der Waals surface area contributed by atoms with Crippen molar-refractivity contribution in [2.75, 3.05) is 20.8 Å². The molecule has 4 aliphatic rings. The Hall–Kier alpha value is -5.66. The third kappa shape index (κ3) is 9.68. The summed E-state index contributed by atoms with van der Waals surface area (Å²) >= 11 is 0. The third-order valence-electron chi connectivity index (χ3n) is 13.1. The molecule has 352 valence electrons. The number of ether oxygens (including phenoxy) is 4. The van der Waals surface area contributed by atoms with Gasteiger partial charge < -0.3 is 34.5 Å². The van der Waals surface area contributed by atoms with E-state index in [0.29, 0.717) is 79.5 Å². The quantitative estimate of drug-likeness (QED) is 0.201. The van der Waals surface area contributed by atoms with Crippen molar-refractivity contribution in [3.8, 4) is 28.6 Å². The molecule has 7 atom stereocenters. The highest BCUT2D eigenvalue weighted by Gasteiger charge is 2.63. The molecule has 1 saturated heterocycles. The second-order valence-electron chi connectivity index (χ2n) is 18.5. The molecule has 7 rings (SSSR count). The van der Waals surface area contributed by atoms with Crippen molar-refractivity contribution in [3.05, 3.63) is 54.9 Å². The molecule has 3 N–H and O–H groups in total. The summed E-state index contributed by atoms with van der Waals surface area (Å²) in [4.78, 5) is 67.1. The van der Waals surface area contributed by atoms with Crippen LogP contribution in [0.5, 0.6) is 17.5 Å². The zero-order valence-corrected chi connectivity index (χ0v) is 38.1. The van der Waals surface area contributed by atoms with Gasteiger partial charge in [-0.2, -0.15) is 13.2 Å². The van der Waals surface area contributed by atoms with Gasteiger partial charge in [-0.3, -0.25) is 19.1 Å². The van der Waals surface area contributed by atoms with Crippen molar-refractivity contribution in [2.24, 2.45) is 17.8 Å². The van der Waals surface area contributed by atoms with E-state index in [4.69, 9.17) is 18.9 Å². The van der Waals surface area contributed by atoms with E-state index in [0.717, 1.165) is 0 Å². The molecule has 0 spiro atoms. The lowest BCUT2D eigenvalue weighted by atomic mass is 9.88. The van der Waals surface area contributed by atoms with Crippen LogP contribution in [0.1, 0.15) is 79.6 Å². The number of carbonyl (C=O) groups is 4. The number of nitrogens with zero attached hydrogens (tertiary/aromatic N) is 3. The largest absolute Gasteiger partial charge is 0.497 e. The number of alkyl carbamates (subject to hydrolysis) is 1. The van der Waals surface area contributed by atoms with Crippen molar-refractivity contribution in [2.45, 2.75) is 120 Å². The molecule has 7 unspecified atom stereocenters. The fraction of sp³-hybridized carbons (Fsp3) is 0.556. The van der Waals surface area contributed by atoms with Gasteiger partial charge in [0.25, 0.3) is 5.91 Å². The molecule has 0 radical (unpaired) electrons. The number of allylic oxidation sites excluding steroid dienone is 1. The zero-order chi connectivity index (χ0) is 47.3. The maximum Gasteiger partial charge on any atom is 0.427 e. The summed E-state index contributed by atoms with van der Waals surface area (Å²) in [6.07, 6.45) is 1.64. The monoisotopic (exact) mass is 928 g/mol. The molecular formula is C45H55F3N6O10S. The highest BCUT2D eigenvalue weighted by atomic mass is 32.2. The van der Waals surface area contributed by atoms with Gasteiger partial charge in [-0.25, -0.2) is 23.2 Å². The van der Waals surface area contributed by atoms with Crippen LogP contribution in [0.25, 0.3) is 21.9 Å². The summed E-state index contributed by atoms with van der Waals surface area (Å²) in [5.74, 6) is -2.72. The summed E-state index contributed by atoms with van der Waals surface area (Å²) in [5, 5.41) is 6.43. The van der Waals surface area contributed by atoms with Crippen molar-refractivity contribution < 1.29 is 59.7 Å². The van der Waals surface area contributed by atoms with E-state index in [1.807, 2.05) is 19.1 Å². The average molecular weight is 929 g/mol. The zero-order valence-electron chi connectivity index (χ0n) is 37.3. The van der Waals surface area contributed by atoms with E-state index in [9.17, 15) is 40.8 Å². The van der Waals surface area contributed by atoms with Gasteiger partial charge in [0.05, 0.1) is 25.5 Å². The minimum atomic E-state index is -4.93. The van der Waals surface area contributed by atoms with Crippen LogP contribution in [0.2, 0.25) is 0 Å². The molecule has 3 aromatic rings. The number of rotatable bonds is 10. The fourth-order valence-electron chi connectivity index (χ4n) is 8.51. The minimum absolute atomic E-state index is 0.0592. The number of hydrogen-bond acceptors (Lipinski definition) is 12. The molecule has 0 bridgehead atoms. The first-order chi connectivity index (χ1) is 30.5. The molecule has 2 aliphatic carbocycles. The Morgan fingerprint density at radius 3 is 2.37 bits per heavy atom. The minimum Gasteiger partial charge on any atom is -0.497 e. The van der Waals surface area contributed by atoms with E-state index < -0.39 is 85.9 Å². The first-order valence-electron chi connectivity index (χ1n) is 21.6. The van der Waals surface area contributed by atoms with Crippen LogP contribution in [0, 0.1) is 17.8 Å². The van der Waals surface area contributed by atoms with Crippen LogP contribution in [0.4, 0.5) is 18.0 Å². The highest BCUT2D eigenvalue weighted by Crippen LogP contribution is 2.48. The summed E-state index contributed by atoms with van der Waals surface area (Å²) in [6.45, 7) is 6.28. The van der Waals surface area contributed by atoms with Crippen molar-refractivity contribution in [3.63, 3.8) is 0 Å². The van der Waals surface area contributed by atoms with Crippen molar-refractivity contribution >= 4 is 44.6 Å². The smallest absolute Gasteiger partial charge is 0.427 e. The van der Waals surface area contributed by atoms with Gasteiger partial charge in [0.15, 0.2) is 0 Å². The van der Waals surface area contributed by atoms with Gasteiger partial charge in [-0.15, -0.1) is 0 Å². The third-order valence-corrected chi connectivity index (χ3v) is 15.3. The summed E-state index contributed by atoms with van der Waals surface area (Å²) < 4.78 is 91.3. The van der Waals surface area contributed by atoms with E-state index in [1.165, 1.54) is 26.0 Å². The van der Waals surface area contributed by atoms with Gasteiger partial charge in [0.1, 0.15) is 29.5 Å². The predicted octanol–water partition coefficient (Wildman–Crippen LogP) is 5.98. The maximum atomic E-state index is 14.9. The van der Waals surface area contributed by atoms with Gasteiger partial charge in [-0.05, 0) is 95.4 Å². The number of amides is 4. The van der Waals surface area contributed by atoms with E-state index >= 15 is 0 Å². The highest BCUT2D eigenvalue weighted by molar-refractivity contribution is 7.91. The lowest BCUT2D eigenvalue weighted by Crippen LogP contribution is -2.59. The van der Waals surface area contributed by atoms with Gasteiger partial charge >= 0.3 is 12.3 Å². The second kappa shape index (κ2) is 17.6. The number of sulfonamides is 1. The van der Waals surface area contributed by atoms with E-state index in [-0.39, 0.29) is 31.2 Å². The average Bonchev–Trinajstić information content (AvgIpc) is 4.13. The SMILES string of the molecule is COc1ccc2c(OC3CC4C(=O)NC5(C(=O)NS(=O)(=O)C6(C)CC6)CC5C=CCCC(C)CC(C)C(NC(=O)OC(C)(C)C(F)(F)F)C(=O)N4C3)ncc(-c3ccc(OC)nc3)c2c1. The number of halogens is 3. The Morgan fingerprint density at radius 2 is 1.72 bits per heavy atom. The second-order valence-corrected chi connectivity index (χ2v) is 20.7. The molecule has 2 aliphatic heterocycles. The van der Waals surface area contributed by atoms with Crippen LogP contribution in [-0.2, 0) is 29.1 Å². The number of hydrogen-bond donors (Lipinski definition) is 3. The van der Waals surface area contributed by atoms with Crippen LogP contribution in [0.15, 0.2) is 54.9 Å². The molecule has 20 heteroatoms. The molecule has 4 amide bonds. The first-order valence-corrected chi connectivity index (χ1v) is 23.1. The number of carbonyl (C=O) groups excluding carboxylic acids is 4. The fourth-order valence-corrected chi connectivity index (χ4v) is 9.82. The predicted molar refractivity (Wildman–Crippen MR) is 231 cm³/mol. The van der Waals surface area contributed by atoms with Crippen molar-refractivity contribution in [1.29, 1.82) is 0 Å². The summed E-state index contributed by atoms with van der Waals surface area (Å²) in [6, 6.07) is 5.95. The van der Waals surface area contributed by atoms with Crippen LogP contribution in [-0.4, -0.2) is 108 Å². The number of nitrogens with one attached hydrogen (secondary N) is 3.